The van der Waals surface area contributed by atoms with Gasteiger partial charge in [-0.2, -0.15) is 0 Å². The first-order valence-corrected chi connectivity index (χ1v) is 15.1. The van der Waals surface area contributed by atoms with Crippen LogP contribution in [0.2, 0.25) is 0 Å². The van der Waals surface area contributed by atoms with E-state index < -0.39 is 6.29 Å². The van der Waals surface area contributed by atoms with Crippen molar-refractivity contribution in [3.8, 4) is 0 Å². The summed E-state index contributed by atoms with van der Waals surface area (Å²) in [5.74, 6) is -0.135. The summed E-state index contributed by atoms with van der Waals surface area (Å²) >= 11 is 0. The SMILES string of the molecule is O=C(Nc1ccc(C2OC(CN3CCCC3CN3CCCC3)CC(c3ccc(CO)cc3)O2)cc1)c1ccccc1. The zero-order chi connectivity index (χ0) is 28.0. The summed E-state index contributed by atoms with van der Waals surface area (Å²) in [5.41, 5.74) is 4.27. The molecule has 2 N–H and O–H groups in total. The van der Waals surface area contributed by atoms with Crippen LogP contribution in [0.3, 0.4) is 0 Å². The summed E-state index contributed by atoms with van der Waals surface area (Å²) < 4.78 is 13.2. The maximum absolute atomic E-state index is 12.6. The van der Waals surface area contributed by atoms with Crippen LogP contribution in [-0.2, 0) is 16.1 Å². The lowest BCUT2D eigenvalue weighted by molar-refractivity contribution is -0.253. The van der Waals surface area contributed by atoms with Gasteiger partial charge in [-0.25, -0.2) is 0 Å². The Labute approximate surface area is 243 Å². The predicted octanol–water partition coefficient (Wildman–Crippen LogP) is 5.54. The van der Waals surface area contributed by atoms with Gasteiger partial charge in [0.25, 0.3) is 5.91 Å². The van der Waals surface area contributed by atoms with E-state index >= 15 is 0 Å². The van der Waals surface area contributed by atoms with E-state index in [9.17, 15) is 9.90 Å². The van der Waals surface area contributed by atoms with Gasteiger partial charge in [0.2, 0.25) is 0 Å². The van der Waals surface area contributed by atoms with E-state index in [0.29, 0.717) is 11.6 Å². The van der Waals surface area contributed by atoms with Gasteiger partial charge in [0, 0.05) is 42.4 Å². The van der Waals surface area contributed by atoms with E-state index in [-0.39, 0.29) is 24.7 Å². The van der Waals surface area contributed by atoms with Gasteiger partial charge in [-0.1, -0.05) is 54.6 Å². The molecule has 0 radical (unpaired) electrons. The molecule has 3 heterocycles. The van der Waals surface area contributed by atoms with Gasteiger partial charge in [-0.3, -0.25) is 9.69 Å². The molecule has 0 saturated carbocycles. The van der Waals surface area contributed by atoms with Crippen molar-refractivity contribution in [2.24, 2.45) is 0 Å². The largest absolute Gasteiger partial charge is 0.392 e. The topological polar surface area (TPSA) is 74.3 Å². The van der Waals surface area contributed by atoms with E-state index in [1.54, 1.807) is 12.1 Å². The highest BCUT2D eigenvalue weighted by atomic mass is 16.7. The molecule has 3 aliphatic heterocycles. The Hall–Kier alpha value is -3.07. The van der Waals surface area contributed by atoms with Crippen molar-refractivity contribution in [3.05, 3.63) is 101 Å². The minimum Gasteiger partial charge on any atom is -0.392 e. The van der Waals surface area contributed by atoms with E-state index in [1.807, 2.05) is 54.6 Å². The molecular weight excluding hydrogens is 514 g/mol. The molecule has 0 aromatic heterocycles. The molecule has 4 atom stereocenters. The number of aliphatic hydroxyl groups is 1. The van der Waals surface area contributed by atoms with Gasteiger partial charge in [0.1, 0.15) is 0 Å². The number of carbonyl (C=O) groups excluding carboxylic acids is 1. The number of nitrogens with zero attached hydrogens (tertiary/aromatic N) is 2. The molecular formula is C34H41N3O4. The molecule has 0 bridgehead atoms. The Bertz CT molecular complexity index is 1260. The molecule has 4 unspecified atom stereocenters. The van der Waals surface area contributed by atoms with Crippen molar-refractivity contribution < 1.29 is 19.4 Å². The molecule has 1 amide bonds. The number of rotatable bonds is 9. The van der Waals surface area contributed by atoms with Crippen LogP contribution in [0.15, 0.2) is 78.9 Å². The fourth-order valence-electron chi connectivity index (χ4n) is 6.42. The van der Waals surface area contributed by atoms with Crippen LogP contribution in [0.5, 0.6) is 0 Å². The molecule has 3 aromatic rings. The summed E-state index contributed by atoms with van der Waals surface area (Å²) in [7, 11) is 0. The number of likely N-dealkylation sites (tertiary alicyclic amines) is 2. The lowest BCUT2D eigenvalue weighted by atomic mass is 9.99. The van der Waals surface area contributed by atoms with Gasteiger partial charge in [0.15, 0.2) is 6.29 Å². The van der Waals surface area contributed by atoms with Crippen molar-refractivity contribution >= 4 is 11.6 Å². The summed E-state index contributed by atoms with van der Waals surface area (Å²) in [4.78, 5) is 17.9. The first-order valence-electron chi connectivity index (χ1n) is 15.1. The van der Waals surface area contributed by atoms with Crippen LogP contribution in [0.1, 0.15) is 71.5 Å². The van der Waals surface area contributed by atoms with E-state index in [1.165, 1.54) is 38.8 Å². The van der Waals surface area contributed by atoms with Crippen LogP contribution in [-0.4, -0.2) is 65.7 Å². The monoisotopic (exact) mass is 555 g/mol. The van der Waals surface area contributed by atoms with E-state index in [2.05, 4.69) is 27.2 Å². The number of ether oxygens (including phenoxy) is 2. The molecule has 41 heavy (non-hydrogen) atoms. The Morgan fingerprint density at radius 1 is 0.829 bits per heavy atom. The number of hydrogen-bond acceptors (Lipinski definition) is 6. The first kappa shape index (κ1) is 28.1. The molecule has 216 valence electrons. The molecule has 3 fully saturated rings. The number of nitrogens with one attached hydrogen (secondary N) is 1. The summed E-state index contributed by atoms with van der Waals surface area (Å²) in [6.45, 7) is 5.67. The van der Waals surface area contributed by atoms with E-state index in [4.69, 9.17) is 9.47 Å². The third kappa shape index (κ3) is 7.05. The zero-order valence-corrected chi connectivity index (χ0v) is 23.7. The van der Waals surface area contributed by atoms with Gasteiger partial charge < -0.3 is 24.8 Å². The smallest absolute Gasteiger partial charge is 0.255 e. The predicted molar refractivity (Wildman–Crippen MR) is 160 cm³/mol. The summed E-state index contributed by atoms with van der Waals surface area (Å²) in [6.07, 6.45) is 5.35. The number of aliphatic hydroxyl groups excluding tert-OH is 1. The molecule has 3 aliphatic rings. The summed E-state index contributed by atoms with van der Waals surface area (Å²) in [6, 6.07) is 25.6. The average Bonchev–Trinajstić information content (AvgIpc) is 3.70. The van der Waals surface area contributed by atoms with Crippen LogP contribution in [0.25, 0.3) is 0 Å². The normalized spacial score (nSPS) is 25.4. The third-order valence-corrected chi connectivity index (χ3v) is 8.70. The number of amides is 1. The highest BCUT2D eigenvalue weighted by Gasteiger charge is 2.36. The van der Waals surface area contributed by atoms with Gasteiger partial charge in [-0.15, -0.1) is 0 Å². The molecule has 6 rings (SSSR count). The maximum Gasteiger partial charge on any atom is 0.255 e. The van der Waals surface area contributed by atoms with Crippen LogP contribution in [0.4, 0.5) is 5.69 Å². The average molecular weight is 556 g/mol. The summed E-state index contributed by atoms with van der Waals surface area (Å²) in [5, 5.41) is 12.5. The van der Waals surface area contributed by atoms with E-state index in [0.717, 1.165) is 48.4 Å². The maximum atomic E-state index is 12.6. The number of benzene rings is 3. The highest BCUT2D eigenvalue weighted by molar-refractivity contribution is 6.04. The molecule has 7 nitrogen and oxygen atoms in total. The molecule has 0 spiro atoms. The third-order valence-electron chi connectivity index (χ3n) is 8.70. The Morgan fingerprint density at radius 2 is 1.56 bits per heavy atom. The fourth-order valence-corrected chi connectivity index (χ4v) is 6.42. The van der Waals surface area contributed by atoms with Crippen molar-refractivity contribution in [2.45, 2.75) is 63.3 Å². The molecule has 3 aromatic carbocycles. The second kappa shape index (κ2) is 13.3. The zero-order valence-electron chi connectivity index (χ0n) is 23.7. The van der Waals surface area contributed by atoms with Crippen molar-refractivity contribution in [3.63, 3.8) is 0 Å². The minimum atomic E-state index is -0.505. The number of hydrogen-bond donors (Lipinski definition) is 2. The Balaban J connectivity index is 1.16. The van der Waals surface area contributed by atoms with Crippen LogP contribution < -0.4 is 5.32 Å². The standard InChI is InChI=1S/C34H41N3O4/c38-24-25-10-12-26(13-11-25)32-21-31(23-37-20-6-9-30(37)22-36-18-4-5-19-36)40-34(41-32)28-14-16-29(17-15-28)35-33(39)27-7-2-1-3-8-27/h1-3,7-8,10-17,30-32,34,38H,4-6,9,18-24H2,(H,35,39). The first-order chi connectivity index (χ1) is 20.1. The van der Waals surface area contributed by atoms with Crippen molar-refractivity contribution in [2.75, 3.05) is 38.0 Å². The molecule has 0 aliphatic carbocycles. The fraction of sp³-hybridized carbons (Fsp3) is 0.441. The quantitative estimate of drug-likeness (QED) is 0.361. The van der Waals surface area contributed by atoms with Gasteiger partial charge in [0.05, 0.1) is 18.8 Å². The Kier molecular flexibility index (Phi) is 9.09. The lowest BCUT2D eigenvalue weighted by Crippen LogP contribution is -2.45. The molecule has 3 saturated heterocycles. The highest BCUT2D eigenvalue weighted by Crippen LogP contribution is 2.39. The van der Waals surface area contributed by atoms with Gasteiger partial charge >= 0.3 is 0 Å². The van der Waals surface area contributed by atoms with Crippen LogP contribution >= 0.6 is 0 Å². The minimum absolute atomic E-state index is 0.0285. The number of anilines is 1. The van der Waals surface area contributed by atoms with Crippen LogP contribution in [0, 0.1) is 0 Å². The van der Waals surface area contributed by atoms with Crippen molar-refractivity contribution in [1.29, 1.82) is 0 Å². The second-order valence-corrected chi connectivity index (χ2v) is 11.6. The van der Waals surface area contributed by atoms with Gasteiger partial charge in [-0.05, 0) is 80.7 Å². The second-order valence-electron chi connectivity index (χ2n) is 11.6. The van der Waals surface area contributed by atoms with Crippen molar-refractivity contribution in [1.82, 2.24) is 9.80 Å². The lowest BCUT2D eigenvalue weighted by Gasteiger charge is -2.39. The number of carbonyl (C=O) groups is 1. The Morgan fingerprint density at radius 3 is 2.29 bits per heavy atom. The molecule has 7 heteroatoms.